The summed E-state index contributed by atoms with van der Waals surface area (Å²) in [6.45, 7) is 5.28. The van der Waals surface area contributed by atoms with Crippen molar-refractivity contribution < 1.29 is 0 Å². The first-order chi connectivity index (χ1) is 7.16. The van der Waals surface area contributed by atoms with Crippen LogP contribution in [0.3, 0.4) is 0 Å². The van der Waals surface area contributed by atoms with Gasteiger partial charge in [0.2, 0.25) is 0 Å². The molecule has 4 nitrogen and oxygen atoms in total. The van der Waals surface area contributed by atoms with Crippen LogP contribution in [-0.2, 0) is 13.5 Å². The van der Waals surface area contributed by atoms with Gasteiger partial charge in [-0.05, 0) is 12.8 Å². The largest absolute Gasteiger partial charge is 0.314 e. The molecule has 1 aromatic rings. The summed E-state index contributed by atoms with van der Waals surface area (Å²) in [7, 11) is 1.98. The van der Waals surface area contributed by atoms with Crippen LogP contribution in [0.4, 0.5) is 0 Å². The quantitative estimate of drug-likeness (QED) is 0.791. The van der Waals surface area contributed by atoms with Crippen LogP contribution in [0.15, 0.2) is 0 Å². The summed E-state index contributed by atoms with van der Waals surface area (Å²) in [4.78, 5) is 4.54. The van der Waals surface area contributed by atoms with E-state index in [-0.39, 0.29) is 0 Å². The van der Waals surface area contributed by atoms with Crippen LogP contribution in [0.2, 0.25) is 0 Å². The van der Waals surface area contributed by atoms with Gasteiger partial charge in [0, 0.05) is 32.0 Å². The zero-order valence-corrected chi connectivity index (χ0v) is 9.82. The second kappa shape index (κ2) is 4.31. The highest BCUT2D eigenvalue weighted by molar-refractivity contribution is 4.97. The van der Waals surface area contributed by atoms with Gasteiger partial charge in [0.15, 0.2) is 5.82 Å². The van der Waals surface area contributed by atoms with E-state index in [9.17, 15) is 0 Å². The summed E-state index contributed by atoms with van der Waals surface area (Å²) in [6, 6.07) is 0.780. The van der Waals surface area contributed by atoms with Crippen molar-refractivity contribution in [3.63, 3.8) is 0 Å². The molecule has 0 unspecified atom stereocenters. The Morgan fingerprint density at radius 1 is 1.47 bits per heavy atom. The molecule has 0 radical (unpaired) electrons. The lowest BCUT2D eigenvalue weighted by atomic mass is 10.2. The van der Waals surface area contributed by atoms with Crippen LogP contribution in [0.1, 0.15) is 44.3 Å². The first-order valence-corrected chi connectivity index (χ1v) is 5.80. The van der Waals surface area contributed by atoms with Gasteiger partial charge in [-0.1, -0.05) is 13.8 Å². The number of hydrogen-bond donors (Lipinski definition) is 1. The molecule has 4 heteroatoms. The Bertz CT molecular complexity index is 325. The standard InChI is InChI=1S/C11H20N4/c1-8(2)11-13-10(15(3)14-11)6-7-12-9-4-5-9/h8-9,12H,4-7H2,1-3H3. The molecule has 1 N–H and O–H groups in total. The van der Waals surface area contributed by atoms with Gasteiger partial charge in [-0.25, -0.2) is 4.98 Å². The summed E-state index contributed by atoms with van der Waals surface area (Å²) in [6.07, 6.45) is 3.67. The number of hydrogen-bond acceptors (Lipinski definition) is 3. The van der Waals surface area contributed by atoms with Crippen LogP contribution in [0.5, 0.6) is 0 Å². The third-order valence-corrected chi connectivity index (χ3v) is 2.74. The number of rotatable bonds is 5. The van der Waals surface area contributed by atoms with Gasteiger partial charge in [-0.2, -0.15) is 5.10 Å². The van der Waals surface area contributed by atoms with Crippen molar-refractivity contribution in [2.24, 2.45) is 7.05 Å². The molecule has 2 rings (SSSR count). The SMILES string of the molecule is CC(C)c1nc(CCNC2CC2)n(C)n1. The van der Waals surface area contributed by atoms with Crippen LogP contribution < -0.4 is 5.32 Å². The molecule has 84 valence electrons. The van der Waals surface area contributed by atoms with E-state index in [1.807, 2.05) is 11.7 Å². The molecule has 15 heavy (non-hydrogen) atoms. The molecule has 0 atom stereocenters. The molecular weight excluding hydrogens is 188 g/mol. The van der Waals surface area contributed by atoms with Crippen molar-refractivity contribution in [3.05, 3.63) is 11.6 Å². The third-order valence-electron chi connectivity index (χ3n) is 2.74. The molecule has 0 bridgehead atoms. The molecule has 1 heterocycles. The van der Waals surface area contributed by atoms with Gasteiger partial charge in [0.05, 0.1) is 0 Å². The van der Waals surface area contributed by atoms with E-state index in [1.165, 1.54) is 12.8 Å². The summed E-state index contributed by atoms with van der Waals surface area (Å²) in [5, 5.41) is 7.89. The lowest BCUT2D eigenvalue weighted by molar-refractivity contribution is 0.629. The fraction of sp³-hybridized carbons (Fsp3) is 0.818. The zero-order chi connectivity index (χ0) is 10.8. The Kier molecular flexibility index (Phi) is 3.05. The number of nitrogens with zero attached hydrogens (tertiary/aromatic N) is 3. The molecular formula is C11H20N4. The summed E-state index contributed by atoms with van der Waals surface area (Å²) >= 11 is 0. The molecule has 0 amide bonds. The Morgan fingerprint density at radius 3 is 2.73 bits per heavy atom. The van der Waals surface area contributed by atoms with Crippen molar-refractivity contribution in [1.29, 1.82) is 0 Å². The number of nitrogens with one attached hydrogen (secondary N) is 1. The molecule has 0 aliphatic heterocycles. The van der Waals surface area contributed by atoms with Crippen LogP contribution in [0.25, 0.3) is 0 Å². The molecule has 0 spiro atoms. The average Bonchev–Trinajstić information content (AvgIpc) is 2.91. The normalized spacial score (nSPS) is 16.3. The van der Waals surface area contributed by atoms with Gasteiger partial charge in [-0.15, -0.1) is 0 Å². The van der Waals surface area contributed by atoms with Crippen LogP contribution >= 0.6 is 0 Å². The van der Waals surface area contributed by atoms with Gasteiger partial charge in [-0.3, -0.25) is 4.68 Å². The Labute approximate surface area is 91.1 Å². The Balaban J connectivity index is 1.88. The monoisotopic (exact) mass is 208 g/mol. The molecule has 1 fully saturated rings. The molecule has 1 aliphatic carbocycles. The first-order valence-electron chi connectivity index (χ1n) is 5.80. The van der Waals surface area contributed by atoms with Crippen LogP contribution in [0, 0.1) is 0 Å². The lowest BCUT2D eigenvalue weighted by Gasteiger charge is -2.01. The van der Waals surface area contributed by atoms with Crippen LogP contribution in [-0.4, -0.2) is 27.4 Å². The fourth-order valence-corrected chi connectivity index (χ4v) is 1.58. The maximum Gasteiger partial charge on any atom is 0.153 e. The highest BCUT2D eigenvalue weighted by Gasteiger charge is 2.20. The molecule has 1 aromatic heterocycles. The maximum atomic E-state index is 4.54. The lowest BCUT2D eigenvalue weighted by Crippen LogP contribution is -2.20. The van der Waals surface area contributed by atoms with Crippen molar-refractivity contribution in [3.8, 4) is 0 Å². The Morgan fingerprint density at radius 2 is 2.20 bits per heavy atom. The van der Waals surface area contributed by atoms with Gasteiger partial charge in [0.25, 0.3) is 0 Å². The van der Waals surface area contributed by atoms with Crippen molar-refractivity contribution in [1.82, 2.24) is 20.1 Å². The van der Waals surface area contributed by atoms with Crippen molar-refractivity contribution >= 4 is 0 Å². The first kappa shape index (κ1) is 10.6. The fourth-order valence-electron chi connectivity index (χ4n) is 1.58. The second-order valence-electron chi connectivity index (χ2n) is 4.64. The second-order valence-corrected chi connectivity index (χ2v) is 4.64. The van der Waals surface area contributed by atoms with E-state index in [0.29, 0.717) is 5.92 Å². The van der Waals surface area contributed by atoms with Gasteiger partial charge < -0.3 is 5.32 Å². The summed E-state index contributed by atoms with van der Waals surface area (Å²) in [5.74, 6) is 2.46. The minimum atomic E-state index is 0.418. The Hall–Kier alpha value is -0.900. The van der Waals surface area contributed by atoms with E-state index in [2.05, 4.69) is 29.2 Å². The van der Waals surface area contributed by atoms with Crippen molar-refractivity contribution in [2.45, 2.75) is 45.1 Å². The third kappa shape index (κ3) is 2.78. The van der Waals surface area contributed by atoms with Gasteiger partial charge >= 0.3 is 0 Å². The number of aromatic nitrogens is 3. The average molecular weight is 208 g/mol. The highest BCUT2D eigenvalue weighted by Crippen LogP contribution is 2.18. The van der Waals surface area contributed by atoms with Crippen molar-refractivity contribution in [2.75, 3.05) is 6.54 Å². The maximum absolute atomic E-state index is 4.54. The van der Waals surface area contributed by atoms with E-state index < -0.39 is 0 Å². The van der Waals surface area contributed by atoms with Gasteiger partial charge in [0.1, 0.15) is 5.82 Å². The molecule has 1 aliphatic rings. The van der Waals surface area contributed by atoms with E-state index in [1.54, 1.807) is 0 Å². The summed E-state index contributed by atoms with van der Waals surface area (Å²) < 4.78 is 1.91. The minimum Gasteiger partial charge on any atom is -0.314 e. The van der Waals surface area contributed by atoms with E-state index >= 15 is 0 Å². The summed E-state index contributed by atoms with van der Waals surface area (Å²) in [5.41, 5.74) is 0. The number of aryl methyl sites for hydroxylation is 1. The highest BCUT2D eigenvalue weighted by atomic mass is 15.3. The molecule has 0 saturated heterocycles. The smallest absolute Gasteiger partial charge is 0.153 e. The minimum absolute atomic E-state index is 0.418. The predicted molar refractivity (Wildman–Crippen MR) is 59.8 cm³/mol. The molecule has 0 aromatic carbocycles. The predicted octanol–water partition coefficient (Wildman–Crippen LogP) is 1.23. The van der Waals surface area contributed by atoms with E-state index in [0.717, 1.165) is 30.7 Å². The van der Waals surface area contributed by atoms with E-state index in [4.69, 9.17) is 0 Å². The molecule has 1 saturated carbocycles. The zero-order valence-electron chi connectivity index (χ0n) is 9.82. The topological polar surface area (TPSA) is 42.7 Å².